The van der Waals surface area contributed by atoms with Crippen LogP contribution in [-0.2, 0) is 24.2 Å². The Labute approximate surface area is 196 Å². The topological polar surface area (TPSA) is 102 Å². The number of primary amides is 1. The van der Waals surface area contributed by atoms with Gasteiger partial charge in [0.25, 0.3) is 0 Å². The summed E-state index contributed by atoms with van der Waals surface area (Å²) in [4.78, 5) is 22.2. The molecule has 0 saturated heterocycles. The lowest BCUT2D eigenvalue weighted by Gasteiger charge is -2.19. The standard InChI is InChI=1S/C22H28N2O3.C2HF3O2/c1-15(2)10-11-24(3)14-16-4-8-20-17(12-16)5-6-18-13-19(26-22(23)25)7-9-21(18)27-20;3-2(4,5)1(6)7/h4,7-9,12-13,15H,5-6,10-11,14H2,1-3H3,(H2,23,25);(H,6,7). The van der Waals surface area contributed by atoms with Crippen molar-refractivity contribution < 1.29 is 37.3 Å². The lowest BCUT2D eigenvalue weighted by Crippen LogP contribution is -2.21. The van der Waals surface area contributed by atoms with E-state index in [0.29, 0.717) is 5.75 Å². The Kier molecular flexibility index (Phi) is 9.31. The molecule has 0 aromatic heterocycles. The fourth-order valence-corrected chi connectivity index (χ4v) is 3.31. The van der Waals surface area contributed by atoms with Crippen molar-refractivity contribution in [3.63, 3.8) is 0 Å². The fourth-order valence-electron chi connectivity index (χ4n) is 3.31. The molecule has 0 unspecified atom stereocenters. The molecular weight excluding hydrogens is 453 g/mol. The van der Waals surface area contributed by atoms with E-state index in [0.717, 1.165) is 48.9 Å². The van der Waals surface area contributed by atoms with Crippen molar-refractivity contribution in [3.05, 3.63) is 53.1 Å². The maximum Gasteiger partial charge on any atom is 0.490 e. The first-order valence-corrected chi connectivity index (χ1v) is 10.7. The third-order valence-corrected chi connectivity index (χ3v) is 5.04. The molecule has 1 amide bonds. The second kappa shape index (κ2) is 11.7. The van der Waals surface area contributed by atoms with Crippen LogP contribution in [0.1, 0.15) is 37.0 Å². The zero-order valence-corrected chi connectivity index (χ0v) is 19.3. The number of ether oxygens (including phenoxy) is 2. The van der Waals surface area contributed by atoms with Crippen molar-refractivity contribution in [1.82, 2.24) is 4.90 Å². The highest BCUT2D eigenvalue weighted by atomic mass is 19.4. The highest BCUT2D eigenvalue weighted by Gasteiger charge is 2.38. The first-order chi connectivity index (χ1) is 15.8. The first-order valence-electron chi connectivity index (χ1n) is 10.7. The molecule has 1 heterocycles. The lowest BCUT2D eigenvalue weighted by atomic mass is 10.0. The fraction of sp³-hybridized carbons (Fsp3) is 0.417. The number of hydrogen-bond acceptors (Lipinski definition) is 5. The van der Waals surface area contributed by atoms with E-state index in [1.165, 1.54) is 17.5 Å². The molecule has 2 aromatic rings. The monoisotopic (exact) mass is 482 g/mol. The second-order valence-corrected chi connectivity index (χ2v) is 8.46. The third-order valence-electron chi connectivity index (χ3n) is 5.04. The molecule has 0 fully saturated rings. The number of hydrogen-bond donors (Lipinski definition) is 2. The van der Waals surface area contributed by atoms with Crippen molar-refractivity contribution >= 4 is 12.1 Å². The number of amides is 1. The lowest BCUT2D eigenvalue weighted by molar-refractivity contribution is -0.192. The molecule has 2 aromatic carbocycles. The Morgan fingerprint density at radius 3 is 2.21 bits per heavy atom. The molecule has 34 heavy (non-hydrogen) atoms. The molecule has 3 rings (SSSR count). The van der Waals surface area contributed by atoms with E-state index < -0.39 is 18.2 Å². The third kappa shape index (κ3) is 8.58. The van der Waals surface area contributed by atoms with Crippen LogP contribution in [0.3, 0.4) is 0 Å². The van der Waals surface area contributed by atoms with Gasteiger partial charge in [-0.05, 0) is 79.7 Å². The van der Waals surface area contributed by atoms with Gasteiger partial charge in [-0.3, -0.25) is 0 Å². The number of halogens is 3. The summed E-state index contributed by atoms with van der Waals surface area (Å²) in [6, 6.07) is 11.8. The van der Waals surface area contributed by atoms with Crippen molar-refractivity contribution in [2.24, 2.45) is 11.7 Å². The number of nitrogens with two attached hydrogens (primary N) is 1. The van der Waals surface area contributed by atoms with Crippen LogP contribution in [0.4, 0.5) is 18.0 Å². The summed E-state index contributed by atoms with van der Waals surface area (Å²) in [5.74, 6) is 0.101. The van der Waals surface area contributed by atoms with Gasteiger partial charge < -0.3 is 25.2 Å². The van der Waals surface area contributed by atoms with Gasteiger partial charge in [-0.1, -0.05) is 26.0 Å². The van der Waals surface area contributed by atoms with Crippen LogP contribution in [0, 0.1) is 5.92 Å². The number of carbonyl (C=O) groups excluding carboxylic acids is 1. The molecule has 0 spiro atoms. The van der Waals surface area contributed by atoms with Crippen LogP contribution in [0.15, 0.2) is 36.4 Å². The maximum atomic E-state index is 11.0. The minimum absolute atomic E-state index is 0.447. The van der Waals surface area contributed by atoms with E-state index in [4.69, 9.17) is 25.1 Å². The van der Waals surface area contributed by atoms with Gasteiger partial charge in [0.2, 0.25) is 0 Å². The number of benzene rings is 2. The van der Waals surface area contributed by atoms with Gasteiger partial charge in [0, 0.05) is 6.54 Å². The summed E-state index contributed by atoms with van der Waals surface area (Å²) < 4.78 is 42.8. The van der Waals surface area contributed by atoms with Crippen molar-refractivity contribution in [2.45, 2.75) is 45.8 Å². The molecule has 0 atom stereocenters. The minimum Gasteiger partial charge on any atom is -0.475 e. The van der Waals surface area contributed by atoms with Crippen LogP contribution in [0.5, 0.6) is 17.2 Å². The highest BCUT2D eigenvalue weighted by Crippen LogP contribution is 2.36. The Bertz CT molecular complexity index is 1010. The Balaban J connectivity index is 0.000000509. The van der Waals surface area contributed by atoms with Crippen LogP contribution >= 0.6 is 0 Å². The number of carboxylic acids is 1. The largest absolute Gasteiger partial charge is 0.490 e. The summed E-state index contributed by atoms with van der Waals surface area (Å²) in [5, 5.41) is 7.12. The second-order valence-electron chi connectivity index (χ2n) is 8.46. The number of alkyl halides is 3. The number of aliphatic carboxylic acids is 1. The Hall–Kier alpha value is -3.27. The van der Waals surface area contributed by atoms with Gasteiger partial charge in [0.05, 0.1) is 0 Å². The van der Waals surface area contributed by atoms with E-state index >= 15 is 0 Å². The van der Waals surface area contributed by atoms with Gasteiger partial charge in [0.15, 0.2) is 0 Å². The number of carboxylic acid groups (broad SMARTS) is 1. The smallest absolute Gasteiger partial charge is 0.475 e. The van der Waals surface area contributed by atoms with Gasteiger partial charge >= 0.3 is 18.2 Å². The predicted molar refractivity (Wildman–Crippen MR) is 120 cm³/mol. The number of nitrogens with zero attached hydrogens (tertiary/aromatic N) is 1. The van der Waals surface area contributed by atoms with Gasteiger partial charge in [0.1, 0.15) is 17.2 Å². The van der Waals surface area contributed by atoms with Crippen LogP contribution in [0.25, 0.3) is 0 Å². The van der Waals surface area contributed by atoms with E-state index in [9.17, 15) is 18.0 Å². The average Bonchev–Trinajstić information content (AvgIpc) is 2.90. The van der Waals surface area contributed by atoms with E-state index in [1.807, 2.05) is 12.1 Å². The van der Waals surface area contributed by atoms with E-state index in [1.54, 1.807) is 6.07 Å². The number of aryl methyl sites for hydroxylation is 2. The summed E-state index contributed by atoms with van der Waals surface area (Å²) >= 11 is 0. The van der Waals surface area contributed by atoms with Crippen LogP contribution < -0.4 is 15.2 Å². The van der Waals surface area contributed by atoms with Crippen molar-refractivity contribution in [1.29, 1.82) is 0 Å². The zero-order valence-electron chi connectivity index (χ0n) is 19.3. The molecule has 7 nitrogen and oxygen atoms in total. The molecule has 0 bridgehead atoms. The Morgan fingerprint density at radius 1 is 1.12 bits per heavy atom. The van der Waals surface area contributed by atoms with Crippen LogP contribution in [-0.4, -0.2) is 41.8 Å². The van der Waals surface area contributed by atoms with E-state index in [2.05, 4.69) is 44.0 Å². The highest BCUT2D eigenvalue weighted by molar-refractivity contribution is 5.73. The molecule has 1 aliphatic rings. The molecule has 10 heteroatoms. The minimum atomic E-state index is -5.08. The number of fused-ring (bicyclic) bond motifs is 2. The average molecular weight is 482 g/mol. The van der Waals surface area contributed by atoms with Gasteiger partial charge in [-0.25, -0.2) is 9.59 Å². The van der Waals surface area contributed by atoms with E-state index in [-0.39, 0.29) is 0 Å². The summed E-state index contributed by atoms with van der Waals surface area (Å²) in [6.45, 7) is 6.54. The molecule has 1 aliphatic heterocycles. The Morgan fingerprint density at radius 2 is 1.68 bits per heavy atom. The molecule has 186 valence electrons. The first kappa shape index (κ1) is 27.0. The zero-order chi connectivity index (χ0) is 25.5. The normalized spacial score (nSPS) is 12.6. The SMILES string of the molecule is CC(C)CCN(C)Cc1ccc2c(c1)CCc1cc(OC(N)=O)ccc1O2.O=C(O)C(F)(F)F. The predicted octanol–water partition coefficient (Wildman–Crippen LogP) is 5.15. The van der Waals surface area contributed by atoms with Crippen molar-refractivity contribution in [2.75, 3.05) is 13.6 Å². The molecule has 0 aliphatic carbocycles. The van der Waals surface area contributed by atoms with Crippen molar-refractivity contribution in [3.8, 4) is 17.2 Å². The molecule has 0 saturated carbocycles. The van der Waals surface area contributed by atoms with Gasteiger partial charge in [-0.2, -0.15) is 13.2 Å². The molecule has 0 radical (unpaired) electrons. The number of carbonyl (C=O) groups is 2. The van der Waals surface area contributed by atoms with Crippen LogP contribution in [0.2, 0.25) is 0 Å². The summed E-state index contributed by atoms with van der Waals surface area (Å²) in [6.07, 6.45) is -2.98. The molecule has 3 N–H and O–H groups in total. The quantitative estimate of drug-likeness (QED) is 0.591. The number of rotatable bonds is 6. The van der Waals surface area contributed by atoms with Gasteiger partial charge in [-0.15, -0.1) is 0 Å². The summed E-state index contributed by atoms with van der Waals surface area (Å²) in [5.41, 5.74) is 8.62. The maximum absolute atomic E-state index is 11.0. The summed E-state index contributed by atoms with van der Waals surface area (Å²) in [7, 11) is 2.17. The molecular formula is C24H29F3N2O5.